The van der Waals surface area contributed by atoms with E-state index in [9.17, 15) is 10.1 Å². The van der Waals surface area contributed by atoms with Crippen LogP contribution in [0.3, 0.4) is 0 Å². The van der Waals surface area contributed by atoms with Crippen molar-refractivity contribution in [2.24, 2.45) is 0 Å². The van der Waals surface area contributed by atoms with Gasteiger partial charge in [0, 0.05) is 27.6 Å². The number of nitro benzene ring substituents is 1. The number of rotatable bonds is 4. The minimum atomic E-state index is -0.405. The number of hydrogen-bond donors (Lipinski definition) is 1. The molecule has 0 saturated heterocycles. The molecule has 1 aromatic heterocycles. The molecule has 2 rings (SSSR count). The second kappa shape index (κ2) is 5.91. The number of hydrogen-bond acceptors (Lipinski definition) is 5. The van der Waals surface area contributed by atoms with Gasteiger partial charge < -0.3 is 5.32 Å². The first kappa shape index (κ1) is 13.7. The molecule has 19 heavy (non-hydrogen) atoms. The average molecular weight is 370 g/mol. The number of nitro groups is 1. The van der Waals surface area contributed by atoms with Gasteiger partial charge in [-0.3, -0.25) is 20.1 Å². The standard InChI is InChI=1S/C12H11IN4O2/c1-8-5-15-9(6-14-8)7-16-12-3-2-10(17(18)19)4-11(12)13/h2-6,16H,7H2,1H3. The summed E-state index contributed by atoms with van der Waals surface area (Å²) < 4.78 is 0.798. The third-order valence-electron chi connectivity index (χ3n) is 2.46. The van der Waals surface area contributed by atoms with Crippen molar-refractivity contribution in [2.45, 2.75) is 13.5 Å². The number of benzene rings is 1. The van der Waals surface area contributed by atoms with E-state index in [1.165, 1.54) is 12.1 Å². The van der Waals surface area contributed by atoms with Gasteiger partial charge in [-0.25, -0.2) is 0 Å². The van der Waals surface area contributed by atoms with Gasteiger partial charge >= 0.3 is 0 Å². The lowest BCUT2D eigenvalue weighted by atomic mass is 10.3. The molecular weight excluding hydrogens is 359 g/mol. The van der Waals surface area contributed by atoms with Gasteiger partial charge in [-0.05, 0) is 35.6 Å². The summed E-state index contributed by atoms with van der Waals surface area (Å²) in [6.07, 6.45) is 3.42. The fraction of sp³-hybridized carbons (Fsp3) is 0.167. The molecule has 0 amide bonds. The van der Waals surface area contributed by atoms with Crippen molar-refractivity contribution in [3.8, 4) is 0 Å². The topological polar surface area (TPSA) is 81.0 Å². The maximum Gasteiger partial charge on any atom is 0.270 e. The van der Waals surface area contributed by atoms with Crippen LogP contribution in [0.25, 0.3) is 0 Å². The van der Waals surface area contributed by atoms with E-state index in [1.54, 1.807) is 18.5 Å². The minimum absolute atomic E-state index is 0.0880. The lowest BCUT2D eigenvalue weighted by Gasteiger charge is -2.07. The van der Waals surface area contributed by atoms with Gasteiger partial charge in [-0.1, -0.05) is 0 Å². The minimum Gasteiger partial charge on any atom is -0.378 e. The molecule has 0 aliphatic rings. The number of nitrogens with one attached hydrogen (secondary N) is 1. The molecule has 1 heterocycles. The first-order valence-corrected chi connectivity index (χ1v) is 6.59. The first-order chi connectivity index (χ1) is 9.06. The molecule has 0 saturated carbocycles. The number of anilines is 1. The number of aryl methyl sites for hydroxylation is 1. The molecule has 0 atom stereocenters. The second-order valence-electron chi connectivity index (χ2n) is 3.92. The Labute approximate surface area is 123 Å². The Morgan fingerprint density at radius 1 is 1.37 bits per heavy atom. The van der Waals surface area contributed by atoms with Crippen LogP contribution in [0.5, 0.6) is 0 Å². The number of halogens is 1. The van der Waals surface area contributed by atoms with Crippen LogP contribution < -0.4 is 5.32 Å². The van der Waals surface area contributed by atoms with Gasteiger partial charge in [0.1, 0.15) is 0 Å². The fourth-order valence-electron chi connectivity index (χ4n) is 1.46. The lowest BCUT2D eigenvalue weighted by molar-refractivity contribution is -0.384. The summed E-state index contributed by atoms with van der Waals surface area (Å²) in [5.74, 6) is 0. The molecule has 0 spiro atoms. The van der Waals surface area contributed by atoms with E-state index < -0.39 is 4.92 Å². The largest absolute Gasteiger partial charge is 0.378 e. The summed E-state index contributed by atoms with van der Waals surface area (Å²) in [5.41, 5.74) is 2.62. The maximum absolute atomic E-state index is 10.6. The van der Waals surface area contributed by atoms with Crippen LogP contribution in [0.4, 0.5) is 11.4 Å². The third kappa shape index (κ3) is 3.60. The highest BCUT2D eigenvalue weighted by Crippen LogP contribution is 2.23. The molecule has 0 radical (unpaired) electrons. The summed E-state index contributed by atoms with van der Waals surface area (Å²) >= 11 is 2.06. The normalized spacial score (nSPS) is 10.2. The van der Waals surface area contributed by atoms with Crippen LogP contribution >= 0.6 is 22.6 Å². The number of aromatic nitrogens is 2. The Morgan fingerprint density at radius 3 is 2.74 bits per heavy atom. The Kier molecular flexibility index (Phi) is 4.25. The van der Waals surface area contributed by atoms with E-state index in [0.29, 0.717) is 6.54 Å². The second-order valence-corrected chi connectivity index (χ2v) is 5.09. The molecule has 0 aliphatic heterocycles. The molecule has 0 bridgehead atoms. The van der Waals surface area contributed by atoms with E-state index in [2.05, 4.69) is 37.9 Å². The predicted molar refractivity (Wildman–Crippen MR) is 79.9 cm³/mol. The van der Waals surface area contributed by atoms with Crippen LogP contribution in [0, 0.1) is 20.6 Å². The Hall–Kier alpha value is -1.77. The van der Waals surface area contributed by atoms with E-state index in [4.69, 9.17) is 0 Å². The molecule has 2 aromatic rings. The molecule has 1 N–H and O–H groups in total. The SMILES string of the molecule is Cc1cnc(CNc2ccc([N+](=O)[O-])cc2I)cn1. The van der Waals surface area contributed by atoms with Crippen molar-refractivity contribution < 1.29 is 4.92 Å². The zero-order chi connectivity index (χ0) is 13.8. The van der Waals surface area contributed by atoms with Gasteiger partial charge in [0.2, 0.25) is 0 Å². The van der Waals surface area contributed by atoms with Crippen LogP contribution in [0.15, 0.2) is 30.6 Å². The van der Waals surface area contributed by atoms with E-state index in [-0.39, 0.29) is 5.69 Å². The summed E-state index contributed by atoms with van der Waals surface area (Å²) in [6.45, 7) is 2.41. The fourth-order valence-corrected chi connectivity index (χ4v) is 2.15. The van der Waals surface area contributed by atoms with E-state index in [0.717, 1.165) is 20.6 Å². The highest BCUT2D eigenvalue weighted by atomic mass is 127. The summed E-state index contributed by atoms with van der Waals surface area (Å²) in [7, 11) is 0. The van der Waals surface area contributed by atoms with Gasteiger partial charge in [0.25, 0.3) is 5.69 Å². The molecule has 98 valence electrons. The van der Waals surface area contributed by atoms with Crippen molar-refractivity contribution >= 4 is 34.0 Å². The highest BCUT2D eigenvalue weighted by Gasteiger charge is 2.08. The Balaban J connectivity index is 2.07. The van der Waals surface area contributed by atoms with Crippen LogP contribution in [0.2, 0.25) is 0 Å². The monoisotopic (exact) mass is 370 g/mol. The Morgan fingerprint density at radius 2 is 2.16 bits per heavy atom. The number of nitrogens with zero attached hydrogens (tertiary/aromatic N) is 3. The zero-order valence-electron chi connectivity index (χ0n) is 10.1. The predicted octanol–water partition coefficient (Wildman–Crippen LogP) is 2.91. The Bertz CT molecular complexity index is 601. The van der Waals surface area contributed by atoms with Crippen molar-refractivity contribution in [3.63, 3.8) is 0 Å². The third-order valence-corrected chi connectivity index (χ3v) is 3.35. The lowest BCUT2D eigenvalue weighted by Crippen LogP contribution is -2.04. The number of non-ortho nitro benzene ring substituents is 1. The summed E-state index contributed by atoms with van der Waals surface area (Å²) in [6, 6.07) is 4.70. The van der Waals surface area contributed by atoms with E-state index >= 15 is 0 Å². The molecule has 0 fully saturated rings. The highest BCUT2D eigenvalue weighted by molar-refractivity contribution is 14.1. The van der Waals surface area contributed by atoms with Gasteiger partial charge in [-0.2, -0.15) is 0 Å². The van der Waals surface area contributed by atoms with Crippen LogP contribution in [-0.4, -0.2) is 14.9 Å². The zero-order valence-corrected chi connectivity index (χ0v) is 12.3. The van der Waals surface area contributed by atoms with Crippen molar-refractivity contribution in [1.29, 1.82) is 0 Å². The summed E-state index contributed by atoms with van der Waals surface area (Å²) in [4.78, 5) is 18.6. The van der Waals surface area contributed by atoms with Crippen LogP contribution in [0.1, 0.15) is 11.4 Å². The van der Waals surface area contributed by atoms with Gasteiger partial charge in [-0.15, -0.1) is 0 Å². The van der Waals surface area contributed by atoms with Crippen molar-refractivity contribution in [3.05, 3.63) is 55.7 Å². The van der Waals surface area contributed by atoms with Crippen molar-refractivity contribution in [2.75, 3.05) is 5.32 Å². The molecule has 6 nitrogen and oxygen atoms in total. The molecule has 0 aliphatic carbocycles. The van der Waals surface area contributed by atoms with E-state index in [1.807, 2.05) is 6.92 Å². The first-order valence-electron chi connectivity index (χ1n) is 5.51. The summed E-state index contributed by atoms with van der Waals surface area (Å²) in [5, 5.41) is 13.8. The molecule has 1 aromatic carbocycles. The van der Waals surface area contributed by atoms with Gasteiger partial charge in [0.15, 0.2) is 0 Å². The quantitative estimate of drug-likeness (QED) is 0.509. The van der Waals surface area contributed by atoms with Gasteiger partial charge in [0.05, 0.1) is 29.1 Å². The molecule has 7 heteroatoms. The van der Waals surface area contributed by atoms with Crippen molar-refractivity contribution in [1.82, 2.24) is 9.97 Å². The smallest absolute Gasteiger partial charge is 0.270 e. The molecule has 0 unspecified atom stereocenters. The maximum atomic E-state index is 10.6. The average Bonchev–Trinajstić information content (AvgIpc) is 2.39. The molecular formula is C12H11IN4O2. The van der Waals surface area contributed by atoms with Crippen LogP contribution in [-0.2, 0) is 6.54 Å².